The number of carbonyl (C=O) groups excluding carboxylic acids is 1. The highest BCUT2D eigenvalue weighted by molar-refractivity contribution is 7.22. The van der Waals surface area contributed by atoms with Crippen LogP contribution in [-0.2, 0) is 0 Å². The van der Waals surface area contributed by atoms with E-state index >= 15 is 0 Å². The van der Waals surface area contributed by atoms with Crippen molar-refractivity contribution in [1.29, 1.82) is 0 Å². The van der Waals surface area contributed by atoms with E-state index in [4.69, 9.17) is 0 Å². The molecule has 3 aromatic rings. The van der Waals surface area contributed by atoms with Crippen molar-refractivity contribution in [2.24, 2.45) is 5.92 Å². The summed E-state index contributed by atoms with van der Waals surface area (Å²) in [6.07, 6.45) is 0. The van der Waals surface area contributed by atoms with Crippen LogP contribution in [0.5, 0.6) is 0 Å². The maximum Gasteiger partial charge on any atom is 0.260 e. The maximum absolute atomic E-state index is 13.2. The molecule has 1 aromatic heterocycles. The lowest BCUT2D eigenvalue weighted by Crippen LogP contribution is -2.34. The van der Waals surface area contributed by atoms with Crippen molar-refractivity contribution < 1.29 is 4.79 Å². The van der Waals surface area contributed by atoms with Gasteiger partial charge in [0.05, 0.1) is 10.2 Å². The molecule has 124 valence electrons. The second-order valence-corrected chi connectivity index (χ2v) is 7.66. The van der Waals surface area contributed by atoms with Crippen LogP contribution in [-0.4, -0.2) is 17.4 Å². The Morgan fingerprint density at radius 2 is 1.79 bits per heavy atom. The van der Waals surface area contributed by atoms with Gasteiger partial charge >= 0.3 is 0 Å². The Bertz CT molecular complexity index is 829. The molecule has 0 saturated heterocycles. The number of para-hydroxylation sites is 1. The first-order valence-electron chi connectivity index (χ1n) is 8.20. The third kappa shape index (κ3) is 3.49. The number of aromatic nitrogens is 1. The van der Waals surface area contributed by atoms with Gasteiger partial charge in [-0.1, -0.05) is 54.5 Å². The zero-order valence-electron chi connectivity index (χ0n) is 14.5. The number of nitrogens with zero attached hydrogens (tertiary/aromatic N) is 2. The molecule has 3 rings (SSSR count). The van der Waals surface area contributed by atoms with Crippen LogP contribution < -0.4 is 4.90 Å². The van der Waals surface area contributed by atoms with E-state index in [1.165, 1.54) is 0 Å². The summed E-state index contributed by atoms with van der Waals surface area (Å²) < 4.78 is 1.11. The van der Waals surface area contributed by atoms with Gasteiger partial charge in [-0.05, 0) is 44.0 Å². The highest BCUT2D eigenvalue weighted by Crippen LogP contribution is 2.30. The Hall–Kier alpha value is -2.20. The van der Waals surface area contributed by atoms with Crippen molar-refractivity contribution in [3.05, 3.63) is 59.2 Å². The molecule has 3 nitrogen and oxygen atoms in total. The molecule has 24 heavy (non-hydrogen) atoms. The van der Waals surface area contributed by atoms with Crippen molar-refractivity contribution in [2.75, 3.05) is 11.4 Å². The van der Waals surface area contributed by atoms with Crippen LogP contribution in [0.15, 0.2) is 42.5 Å². The fraction of sp³-hybridized carbons (Fsp3) is 0.300. The SMILES string of the molecule is Cc1cc(C)cc(C(=O)N(CC(C)C)c2nc3ccccc3s2)c1. The van der Waals surface area contributed by atoms with Gasteiger partial charge in [0.15, 0.2) is 5.13 Å². The highest BCUT2D eigenvalue weighted by atomic mass is 32.1. The summed E-state index contributed by atoms with van der Waals surface area (Å²) in [6, 6.07) is 14.0. The van der Waals surface area contributed by atoms with Gasteiger partial charge in [0.2, 0.25) is 0 Å². The fourth-order valence-corrected chi connectivity index (χ4v) is 3.82. The van der Waals surface area contributed by atoms with E-state index in [1.807, 2.05) is 55.1 Å². The topological polar surface area (TPSA) is 33.2 Å². The van der Waals surface area contributed by atoms with E-state index < -0.39 is 0 Å². The number of hydrogen-bond acceptors (Lipinski definition) is 3. The fourth-order valence-electron chi connectivity index (χ4n) is 2.84. The molecule has 0 aliphatic heterocycles. The molecule has 0 aliphatic carbocycles. The molecule has 2 aromatic carbocycles. The second kappa shape index (κ2) is 6.73. The van der Waals surface area contributed by atoms with Crippen molar-refractivity contribution in [2.45, 2.75) is 27.7 Å². The standard InChI is InChI=1S/C20H22N2OS/c1-13(2)12-22(19(23)16-10-14(3)9-15(4)11-16)20-21-17-7-5-6-8-18(17)24-20/h5-11,13H,12H2,1-4H3. The second-order valence-electron chi connectivity index (χ2n) is 6.65. The van der Waals surface area contributed by atoms with E-state index in [1.54, 1.807) is 11.3 Å². The van der Waals surface area contributed by atoms with E-state index in [2.05, 4.69) is 24.9 Å². The molecule has 0 radical (unpaired) electrons. The van der Waals surface area contributed by atoms with Crippen LogP contribution in [0.25, 0.3) is 10.2 Å². The average Bonchev–Trinajstić information content (AvgIpc) is 2.94. The summed E-state index contributed by atoms with van der Waals surface area (Å²) >= 11 is 1.57. The van der Waals surface area contributed by atoms with Crippen LogP contribution in [0, 0.1) is 19.8 Å². The number of carbonyl (C=O) groups is 1. The normalized spacial score (nSPS) is 11.2. The molecule has 1 heterocycles. The largest absolute Gasteiger partial charge is 0.284 e. The summed E-state index contributed by atoms with van der Waals surface area (Å²) in [7, 11) is 0. The predicted molar refractivity (Wildman–Crippen MR) is 102 cm³/mol. The van der Waals surface area contributed by atoms with Crippen LogP contribution in [0.1, 0.15) is 35.3 Å². The van der Waals surface area contributed by atoms with E-state index in [0.717, 1.165) is 32.0 Å². The number of fused-ring (bicyclic) bond motifs is 1. The molecular weight excluding hydrogens is 316 g/mol. The lowest BCUT2D eigenvalue weighted by Gasteiger charge is -2.22. The minimum Gasteiger partial charge on any atom is -0.284 e. The monoisotopic (exact) mass is 338 g/mol. The van der Waals surface area contributed by atoms with Crippen LogP contribution in [0.2, 0.25) is 0 Å². The Kier molecular flexibility index (Phi) is 4.67. The quantitative estimate of drug-likeness (QED) is 0.654. The molecule has 0 spiro atoms. The van der Waals surface area contributed by atoms with Gasteiger partial charge in [0, 0.05) is 12.1 Å². The zero-order chi connectivity index (χ0) is 17.3. The Labute approximate surface area is 147 Å². The third-order valence-electron chi connectivity index (χ3n) is 3.78. The minimum absolute atomic E-state index is 0.0227. The number of rotatable bonds is 4. The summed E-state index contributed by atoms with van der Waals surface area (Å²) in [5, 5.41) is 0.772. The molecule has 0 fully saturated rings. The van der Waals surface area contributed by atoms with Crippen LogP contribution >= 0.6 is 11.3 Å². The van der Waals surface area contributed by atoms with E-state index in [-0.39, 0.29) is 5.91 Å². The van der Waals surface area contributed by atoms with Gasteiger partial charge in [-0.25, -0.2) is 4.98 Å². The van der Waals surface area contributed by atoms with Gasteiger partial charge in [0.1, 0.15) is 0 Å². The van der Waals surface area contributed by atoms with Crippen molar-refractivity contribution in [3.63, 3.8) is 0 Å². The number of hydrogen-bond donors (Lipinski definition) is 0. The molecule has 0 unspecified atom stereocenters. The summed E-state index contributed by atoms with van der Waals surface area (Å²) in [4.78, 5) is 19.7. The van der Waals surface area contributed by atoms with Gasteiger partial charge < -0.3 is 0 Å². The van der Waals surface area contributed by atoms with Gasteiger partial charge in [-0.3, -0.25) is 9.69 Å². The maximum atomic E-state index is 13.2. The number of anilines is 1. The molecule has 0 atom stereocenters. The van der Waals surface area contributed by atoms with Crippen molar-refractivity contribution >= 4 is 32.6 Å². The Morgan fingerprint density at radius 3 is 2.42 bits per heavy atom. The lowest BCUT2D eigenvalue weighted by atomic mass is 10.1. The van der Waals surface area contributed by atoms with Gasteiger partial charge in [-0.15, -0.1) is 0 Å². The predicted octanol–water partition coefficient (Wildman–Crippen LogP) is 5.22. The van der Waals surface area contributed by atoms with Crippen molar-refractivity contribution in [1.82, 2.24) is 4.98 Å². The molecular formula is C20H22N2OS. The molecule has 4 heteroatoms. The molecule has 0 saturated carbocycles. The molecule has 0 N–H and O–H groups in total. The molecule has 0 bridgehead atoms. The van der Waals surface area contributed by atoms with E-state index in [0.29, 0.717) is 12.5 Å². The lowest BCUT2D eigenvalue weighted by molar-refractivity contribution is 0.0983. The minimum atomic E-state index is 0.0227. The first-order chi connectivity index (χ1) is 11.4. The molecule has 1 amide bonds. The summed E-state index contributed by atoms with van der Waals surface area (Å²) in [5.41, 5.74) is 3.88. The van der Waals surface area contributed by atoms with Crippen molar-refractivity contribution in [3.8, 4) is 0 Å². The first-order valence-corrected chi connectivity index (χ1v) is 9.01. The summed E-state index contributed by atoms with van der Waals surface area (Å²) in [5.74, 6) is 0.390. The van der Waals surface area contributed by atoms with Crippen LogP contribution in [0.3, 0.4) is 0 Å². The van der Waals surface area contributed by atoms with Crippen LogP contribution in [0.4, 0.5) is 5.13 Å². The first kappa shape index (κ1) is 16.7. The number of benzene rings is 2. The number of amides is 1. The smallest absolute Gasteiger partial charge is 0.260 e. The Morgan fingerprint density at radius 1 is 1.12 bits per heavy atom. The zero-order valence-corrected chi connectivity index (χ0v) is 15.4. The average molecular weight is 338 g/mol. The van der Waals surface area contributed by atoms with E-state index in [9.17, 15) is 4.79 Å². The Balaban J connectivity index is 2.03. The van der Waals surface area contributed by atoms with Gasteiger partial charge in [-0.2, -0.15) is 0 Å². The third-order valence-corrected chi connectivity index (χ3v) is 4.83. The van der Waals surface area contributed by atoms with Gasteiger partial charge in [0.25, 0.3) is 5.91 Å². The number of aryl methyl sites for hydroxylation is 2. The summed E-state index contributed by atoms with van der Waals surface area (Å²) in [6.45, 7) is 8.94. The number of thiazole rings is 1. The molecule has 0 aliphatic rings. The highest BCUT2D eigenvalue weighted by Gasteiger charge is 2.22.